The Kier molecular flexibility index (Phi) is 2.25. The number of hydrogen-bond acceptors (Lipinski definition) is 2. The molecular formula is C10H14N2O. The highest BCUT2D eigenvalue weighted by Gasteiger charge is 2.20. The molecule has 1 aromatic rings. The summed E-state index contributed by atoms with van der Waals surface area (Å²) >= 11 is 0. The molecule has 13 heavy (non-hydrogen) atoms. The van der Waals surface area contributed by atoms with Gasteiger partial charge in [-0.15, -0.1) is 0 Å². The maximum Gasteiger partial charge on any atom is 0.229 e. The van der Waals surface area contributed by atoms with E-state index in [1.54, 1.807) is 12.3 Å². The Morgan fingerprint density at radius 2 is 2.23 bits per heavy atom. The summed E-state index contributed by atoms with van der Waals surface area (Å²) < 4.78 is 7.49. The summed E-state index contributed by atoms with van der Waals surface area (Å²) in [6.45, 7) is 5.48. The molecule has 1 rings (SSSR count). The Hall–Kier alpha value is -1.38. The first-order chi connectivity index (χ1) is 6.41. The predicted octanol–water partition coefficient (Wildman–Crippen LogP) is 2.07. The molecule has 3 nitrogen and oxygen atoms in total. The number of anilines is 1. The van der Waals surface area contributed by atoms with Crippen LogP contribution in [-0.4, -0.2) is 10.9 Å². The molecule has 1 aromatic heterocycles. The minimum absolute atomic E-state index is 0.0998. The van der Waals surface area contributed by atoms with Crippen LogP contribution >= 0.6 is 0 Å². The Morgan fingerprint density at radius 3 is 2.77 bits per heavy atom. The van der Waals surface area contributed by atoms with Gasteiger partial charge in [-0.1, -0.05) is 20.8 Å². The fourth-order valence-corrected chi connectivity index (χ4v) is 0.703. The van der Waals surface area contributed by atoms with E-state index in [9.17, 15) is 4.79 Å². The van der Waals surface area contributed by atoms with Gasteiger partial charge in [-0.25, -0.2) is 0 Å². The zero-order valence-electron chi connectivity index (χ0n) is 9.09. The van der Waals surface area contributed by atoms with Crippen molar-refractivity contribution in [1.29, 1.82) is 0 Å². The van der Waals surface area contributed by atoms with E-state index in [1.807, 2.05) is 20.8 Å². The van der Waals surface area contributed by atoms with Crippen LogP contribution in [0.3, 0.4) is 0 Å². The lowest BCUT2D eigenvalue weighted by atomic mass is 9.95. The molecule has 0 bridgehead atoms. The number of rotatable bonds is 1. The van der Waals surface area contributed by atoms with Crippen LogP contribution in [0.5, 0.6) is 0 Å². The van der Waals surface area contributed by atoms with Crippen LogP contribution in [0.2, 0.25) is 0 Å². The van der Waals surface area contributed by atoms with Crippen LogP contribution in [-0.2, 0) is 4.79 Å². The number of hydrogen-bond donors (Lipinski definition) is 1. The van der Waals surface area contributed by atoms with E-state index in [0.717, 1.165) is 0 Å². The van der Waals surface area contributed by atoms with Gasteiger partial charge in [0.05, 0.1) is 1.37 Å². The molecule has 1 amide bonds. The van der Waals surface area contributed by atoms with Crippen LogP contribution in [0.1, 0.15) is 22.1 Å². The molecule has 0 aliphatic rings. The highest BCUT2D eigenvalue weighted by atomic mass is 16.2. The number of carbonyl (C=O) groups is 1. The van der Waals surface area contributed by atoms with Gasteiger partial charge in [0.1, 0.15) is 0 Å². The van der Waals surface area contributed by atoms with Gasteiger partial charge in [0.25, 0.3) is 0 Å². The molecule has 70 valence electrons. The molecule has 1 heterocycles. The normalized spacial score (nSPS) is 12.1. The van der Waals surface area contributed by atoms with Crippen LogP contribution in [0.15, 0.2) is 24.5 Å². The van der Waals surface area contributed by atoms with Crippen LogP contribution in [0.4, 0.5) is 5.69 Å². The second kappa shape index (κ2) is 3.56. The molecular weight excluding hydrogens is 164 g/mol. The topological polar surface area (TPSA) is 42.0 Å². The van der Waals surface area contributed by atoms with Gasteiger partial charge in [0.15, 0.2) is 0 Å². The molecule has 0 aliphatic carbocycles. The van der Waals surface area contributed by atoms with Gasteiger partial charge in [0.2, 0.25) is 5.91 Å². The smallest absolute Gasteiger partial charge is 0.229 e. The first-order valence-electron chi connectivity index (χ1n) is 4.63. The number of nitrogens with one attached hydrogen (secondary N) is 1. The van der Waals surface area contributed by atoms with Gasteiger partial charge in [0, 0.05) is 23.5 Å². The number of amides is 1. The SMILES string of the molecule is [2H]c1cnccc1NC(=O)C(C)(C)C. The minimum Gasteiger partial charge on any atom is -0.326 e. The van der Waals surface area contributed by atoms with Crippen molar-refractivity contribution < 1.29 is 6.17 Å². The van der Waals surface area contributed by atoms with E-state index in [1.165, 1.54) is 6.20 Å². The molecule has 0 fully saturated rings. The van der Waals surface area contributed by atoms with E-state index in [4.69, 9.17) is 1.37 Å². The summed E-state index contributed by atoms with van der Waals surface area (Å²) in [5, 5.41) is 2.68. The Balaban J connectivity index is 2.80. The lowest BCUT2D eigenvalue weighted by Gasteiger charge is -2.17. The van der Waals surface area contributed by atoms with Crippen molar-refractivity contribution >= 4 is 11.6 Å². The molecule has 0 atom stereocenters. The third-order valence-corrected chi connectivity index (χ3v) is 1.55. The third-order valence-electron chi connectivity index (χ3n) is 1.55. The number of nitrogens with zero attached hydrogens (tertiary/aromatic N) is 1. The van der Waals surface area contributed by atoms with Crippen LogP contribution < -0.4 is 5.32 Å². The third kappa shape index (κ3) is 2.86. The molecule has 0 aromatic carbocycles. The monoisotopic (exact) mass is 179 g/mol. The van der Waals surface area contributed by atoms with E-state index >= 15 is 0 Å². The van der Waals surface area contributed by atoms with Crippen LogP contribution in [0, 0.1) is 5.41 Å². The zero-order chi connectivity index (χ0) is 10.8. The standard InChI is InChI=1S/C10H14N2O/c1-10(2,3)9(13)12-8-4-6-11-7-5-8/h4-7H,1-3H3,(H,11,12,13)/i4D. The highest BCUT2D eigenvalue weighted by Crippen LogP contribution is 2.16. The van der Waals surface area contributed by atoms with E-state index in [-0.39, 0.29) is 11.9 Å². The molecule has 0 unspecified atom stereocenters. The van der Waals surface area contributed by atoms with Crippen molar-refractivity contribution in [2.75, 3.05) is 5.32 Å². The summed E-state index contributed by atoms with van der Waals surface area (Å²) in [6, 6.07) is 1.84. The van der Waals surface area contributed by atoms with Gasteiger partial charge < -0.3 is 5.32 Å². The molecule has 0 saturated carbocycles. The molecule has 0 aliphatic heterocycles. The van der Waals surface area contributed by atoms with Crippen LogP contribution in [0.25, 0.3) is 0 Å². The van der Waals surface area contributed by atoms with E-state index in [2.05, 4.69) is 10.3 Å². The minimum atomic E-state index is -0.449. The van der Waals surface area contributed by atoms with Gasteiger partial charge >= 0.3 is 0 Å². The van der Waals surface area contributed by atoms with Crippen molar-refractivity contribution in [3.63, 3.8) is 0 Å². The average molecular weight is 179 g/mol. The molecule has 0 radical (unpaired) electrons. The van der Waals surface area contributed by atoms with Gasteiger partial charge in [-0.3, -0.25) is 9.78 Å². The largest absolute Gasteiger partial charge is 0.326 e. The van der Waals surface area contributed by atoms with Gasteiger partial charge in [-0.2, -0.15) is 0 Å². The first-order valence-corrected chi connectivity index (χ1v) is 4.13. The summed E-state index contributed by atoms with van der Waals surface area (Å²) in [4.78, 5) is 15.3. The maximum absolute atomic E-state index is 11.6. The Morgan fingerprint density at radius 1 is 1.54 bits per heavy atom. The summed E-state index contributed by atoms with van der Waals surface area (Å²) in [7, 11) is 0. The van der Waals surface area contributed by atoms with Gasteiger partial charge in [-0.05, 0) is 12.1 Å². The second-order valence-corrected chi connectivity index (χ2v) is 3.86. The molecule has 0 spiro atoms. The lowest BCUT2D eigenvalue weighted by Crippen LogP contribution is -2.27. The number of pyridine rings is 1. The second-order valence-electron chi connectivity index (χ2n) is 3.86. The average Bonchev–Trinajstić information content (AvgIpc) is 2.07. The summed E-state index contributed by atoms with van der Waals surface area (Å²) in [5.74, 6) is -0.0998. The first kappa shape index (κ1) is 8.23. The number of aromatic nitrogens is 1. The van der Waals surface area contributed by atoms with E-state index < -0.39 is 5.41 Å². The lowest BCUT2D eigenvalue weighted by molar-refractivity contribution is -0.123. The van der Waals surface area contributed by atoms with Crippen molar-refractivity contribution in [3.05, 3.63) is 24.5 Å². The van der Waals surface area contributed by atoms with Crippen molar-refractivity contribution in [1.82, 2.24) is 4.98 Å². The summed E-state index contributed by atoms with van der Waals surface area (Å²) in [6.07, 6.45) is 2.95. The van der Waals surface area contributed by atoms with Crippen molar-refractivity contribution in [2.45, 2.75) is 20.8 Å². The quantitative estimate of drug-likeness (QED) is 0.717. The Labute approximate surface area is 79.6 Å². The van der Waals surface area contributed by atoms with Crippen molar-refractivity contribution in [2.24, 2.45) is 5.41 Å². The predicted molar refractivity (Wildman–Crippen MR) is 52.3 cm³/mol. The molecule has 0 saturated heterocycles. The molecule has 3 heteroatoms. The fourth-order valence-electron chi connectivity index (χ4n) is 0.703. The van der Waals surface area contributed by atoms with Crippen molar-refractivity contribution in [3.8, 4) is 0 Å². The zero-order valence-corrected chi connectivity index (χ0v) is 8.09. The number of carbonyl (C=O) groups excluding carboxylic acids is 1. The fraction of sp³-hybridized carbons (Fsp3) is 0.400. The summed E-state index contributed by atoms with van der Waals surface area (Å²) in [5.41, 5.74) is 0.0512. The van der Waals surface area contributed by atoms with E-state index in [0.29, 0.717) is 5.69 Å². The Bertz CT molecular complexity index is 344. The highest BCUT2D eigenvalue weighted by molar-refractivity contribution is 5.94. The maximum atomic E-state index is 11.6. The molecule has 1 N–H and O–H groups in total.